The highest BCUT2D eigenvalue weighted by Gasteiger charge is 2.10. The van der Waals surface area contributed by atoms with Crippen molar-refractivity contribution in [2.24, 2.45) is 0 Å². The minimum Gasteiger partial charge on any atom is -0.493 e. The highest BCUT2D eigenvalue weighted by atomic mass is 16.5. The molecule has 1 aliphatic heterocycles. The molecule has 0 unspecified atom stereocenters. The fourth-order valence-electron chi connectivity index (χ4n) is 2.52. The zero-order valence-electron chi connectivity index (χ0n) is 13.0. The molecular weight excluding hydrogens is 290 g/mol. The molecule has 1 heterocycles. The van der Waals surface area contributed by atoms with Crippen molar-refractivity contribution in [3.8, 4) is 11.5 Å². The second-order valence-corrected chi connectivity index (χ2v) is 5.38. The molecule has 0 saturated heterocycles. The Labute approximate surface area is 135 Å². The molecule has 2 aromatic carbocycles. The Morgan fingerprint density at radius 3 is 2.83 bits per heavy atom. The number of hydrogen-bond donors (Lipinski definition) is 1. The van der Waals surface area contributed by atoms with Gasteiger partial charge in [0.25, 0.3) is 0 Å². The fraction of sp³-hybridized carbons (Fsp3) is 0.211. The van der Waals surface area contributed by atoms with Crippen LogP contribution in [0.5, 0.6) is 11.5 Å². The number of benzene rings is 2. The summed E-state index contributed by atoms with van der Waals surface area (Å²) in [4.78, 5) is 11.2. The quantitative estimate of drug-likeness (QED) is 0.687. The monoisotopic (exact) mass is 309 g/mol. The molecule has 4 nitrogen and oxygen atoms in total. The lowest BCUT2D eigenvalue weighted by Crippen LogP contribution is -2.09. The lowest BCUT2D eigenvalue weighted by Gasteiger charge is -2.12. The molecule has 0 saturated carbocycles. The summed E-state index contributed by atoms with van der Waals surface area (Å²) in [6.07, 6.45) is 3.02. The van der Waals surface area contributed by atoms with E-state index in [9.17, 15) is 4.79 Å². The highest BCUT2D eigenvalue weighted by Crippen LogP contribution is 2.27. The van der Waals surface area contributed by atoms with Gasteiger partial charge in [0.05, 0.1) is 12.3 Å². The first-order valence-corrected chi connectivity index (χ1v) is 7.65. The summed E-state index contributed by atoms with van der Waals surface area (Å²) >= 11 is 0. The summed E-state index contributed by atoms with van der Waals surface area (Å²) in [6, 6.07) is 15.5. The van der Waals surface area contributed by atoms with E-state index in [0.29, 0.717) is 18.9 Å². The third-order valence-corrected chi connectivity index (χ3v) is 3.61. The van der Waals surface area contributed by atoms with Crippen molar-refractivity contribution in [2.45, 2.75) is 13.3 Å². The number of nitrogens with one attached hydrogen (secondary N) is 1. The average Bonchev–Trinajstić information content (AvgIpc) is 2.75. The Hall–Kier alpha value is -2.75. The van der Waals surface area contributed by atoms with Crippen molar-refractivity contribution in [3.05, 3.63) is 59.7 Å². The molecule has 0 aromatic heterocycles. The van der Waals surface area contributed by atoms with Crippen molar-refractivity contribution < 1.29 is 14.3 Å². The van der Waals surface area contributed by atoms with Gasteiger partial charge in [-0.1, -0.05) is 36.4 Å². The second kappa shape index (κ2) is 7.01. The van der Waals surface area contributed by atoms with Gasteiger partial charge in [0.15, 0.2) is 5.75 Å². The number of carbonyl (C=O) groups is 1. The summed E-state index contributed by atoms with van der Waals surface area (Å²) in [5.41, 5.74) is 3.14. The van der Waals surface area contributed by atoms with Gasteiger partial charge in [-0.2, -0.15) is 0 Å². The normalized spacial score (nSPS) is 13.2. The van der Waals surface area contributed by atoms with Crippen LogP contribution in [0.25, 0.3) is 6.08 Å². The molecule has 4 heteroatoms. The van der Waals surface area contributed by atoms with Crippen LogP contribution < -0.4 is 14.8 Å². The first-order valence-electron chi connectivity index (χ1n) is 7.65. The highest BCUT2D eigenvalue weighted by molar-refractivity contribution is 5.72. The zero-order chi connectivity index (χ0) is 16.1. The van der Waals surface area contributed by atoms with Crippen LogP contribution in [0.2, 0.25) is 0 Å². The molecule has 0 spiro atoms. The third-order valence-electron chi connectivity index (χ3n) is 3.61. The minimum atomic E-state index is -0.324. The number of carbonyl (C=O) groups excluding carboxylic acids is 1. The van der Waals surface area contributed by atoms with E-state index in [1.165, 1.54) is 12.5 Å². The van der Waals surface area contributed by atoms with E-state index in [-0.39, 0.29) is 5.97 Å². The average molecular weight is 309 g/mol. The first kappa shape index (κ1) is 15.2. The molecule has 3 rings (SSSR count). The van der Waals surface area contributed by atoms with Gasteiger partial charge >= 0.3 is 5.97 Å². The van der Waals surface area contributed by atoms with Crippen LogP contribution in [0.4, 0.5) is 5.69 Å². The molecule has 1 aliphatic rings. The predicted octanol–water partition coefficient (Wildman–Crippen LogP) is 3.89. The van der Waals surface area contributed by atoms with E-state index in [0.717, 1.165) is 23.4 Å². The van der Waals surface area contributed by atoms with Gasteiger partial charge < -0.3 is 14.8 Å². The first-order chi connectivity index (χ1) is 11.2. The molecule has 0 bridgehead atoms. The molecule has 0 amide bonds. The minimum absolute atomic E-state index is 0.324. The number of rotatable bonds is 4. The van der Waals surface area contributed by atoms with Crippen LogP contribution >= 0.6 is 0 Å². The zero-order valence-corrected chi connectivity index (χ0v) is 13.0. The molecule has 0 radical (unpaired) electrons. The van der Waals surface area contributed by atoms with Crippen molar-refractivity contribution in [2.75, 3.05) is 18.5 Å². The van der Waals surface area contributed by atoms with E-state index in [4.69, 9.17) is 9.47 Å². The van der Waals surface area contributed by atoms with Gasteiger partial charge in [-0.05, 0) is 23.8 Å². The Morgan fingerprint density at radius 1 is 1.17 bits per heavy atom. The van der Waals surface area contributed by atoms with Gasteiger partial charge in [0, 0.05) is 25.5 Å². The van der Waals surface area contributed by atoms with Gasteiger partial charge in [-0.3, -0.25) is 4.79 Å². The summed E-state index contributed by atoms with van der Waals surface area (Å²) in [5, 5.41) is 3.35. The molecule has 2 aromatic rings. The number of fused-ring (bicyclic) bond motifs is 1. The maximum absolute atomic E-state index is 11.2. The maximum Gasteiger partial charge on any atom is 0.308 e. The molecule has 1 N–H and O–H groups in total. The smallest absolute Gasteiger partial charge is 0.308 e. The Balaban J connectivity index is 1.74. The largest absolute Gasteiger partial charge is 0.493 e. The number of para-hydroxylation sites is 3. The topological polar surface area (TPSA) is 47.6 Å². The number of anilines is 1. The van der Waals surface area contributed by atoms with Crippen LogP contribution in [0, 0.1) is 0 Å². The fourth-order valence-corrected chi connectivity index (χ4v) is 2.52. The van der Waals surface area contributed by atoms with Gasteiger partial charge in [0.2, 0.25) is 0 Å². The van der Waals surface area contributed by atoms with Crippen molar-refractivity contribution in [1.29, 1.82) is 0 Å². The van der Waals surface area contributed by atoms with Crippen molar-refractivity contribution >= 4 is 17.7 Å². The molecule has 0 fully saturated rings. The molecule has 0 aliphatic carbocycles. The Kier molecular flexibility index (Phi) is 4.62. The van der Waals surface area contributed by atoms with E-state index in [2.05, 4.69) is 11.4 Å². The SMILES string of the molecule is CC(=O)Oc1ccccc1NCC1=Cc2ccccc2OCC1. The van der Waals surface area contributed by atoms with Crippen LogP contribution in [0.3, 0.4) is 0 Å². The summed E-state index contributed by atoms with van der Waals surface area (Å²) in [5.74, 6) is 1.14. The van der Waals surface area contributed by atoms with E-state index in [1.807, 2.05) is 42.5 Å². The summed E-state index contributed by atoms with van der Waals surface area (Å²) < 4.78 is 11.0. The summed E-state index contributed by atoms with van der Waals surface area (Å²) in [7, 11) is 0. The van der Waals surface area contributed by atoms with E-state index in [1.54, 1.807) is 6.07 Å². The maximum atomic E-state index is 11.2. The standard InChI is InChI=1S/C19H19NO3/c1-14(21)23-19-9-5-3-7-17(19)20-13-15-10-11-22-18-8-4-2-6-16(18)12-15/h2-9,12,20H,10-11,13H2,1H3. The van der Waals surface area contributed by atoms with E-state index >= 15 is 0 Å². The lowest BCUT2D eigenvalue weighted by molar-refractivity contribution is -0.131. The van der Waals surface area contributed by atoms with Gasteiger partial charge in [-0.25, -0.2) is 0 Å². The lowest BCUT2D eigenvalue weighted by atomic mass is 10.1. The molecular formula is C19H19NO3. The Bertz CT molecular complexity index is 737. The van der Waals surface area contributed by atoms with Crippen LogP contribution in [-0.2, 0) is 4.79 Å². The molecule has 23 heavy (non-hydrogen) atoms. The van der Waals surface area contributed by atoms with Crippen LogP contribution in [-0.4, -0.2) is 19.1 Å². The van der Waals surface area contributed by atoms with Crippen LogP contribution in [0.1, 0.15) is 18.9 Å². The van der Waals surface area contributed by atoms with Crippen molar-refractivity contribution in [1.82, 2.24) is 0 Å². The number of hydrogen-bond acceptors (Lipinski definition) is 4. The number of ether oxygens (including phenoxy) is 2. The number of esters is 1. The van der Waals surface area contributed by atoms with Gasteiger partial charge in [-0.15, -0.1) is 0 Å². The Morgan fingerprint density at radius 2 is 1.96 bits per heavy atom. The van der Waals surface area contributed by atoms with Gasteiger partial charge in [0.1, 0.15) is 5.75 Å². The van der Waals surface area contributed by atoms with Crippen molar-refractivity contribution in [3.63, 3.8) is 0 Å². The van der Waals surface area contributed by atoms with Crippen LogP contribution in [0.15, 0.2) is 54.1 Å². The predicted molar refractivity (Wildman–Crippen MR) is 90.8 cm³/mol. The van der Waals surface area contributed by atoms with E-state index < -0.39 is 0 Å². The second-order valence-electron chi connectivity index (χ2n) is 5.38. The molecule has 0 atom stereocenters. The molecule has 118 valence electrons. The summed E-state index contributed by atoms with van der Waals surface area (Å²) in [6.45, 7) is 2.74. The third kappa shape index (κ3) is 3.92.